The molecule has 3 nitrogen and oxygen atoms in total. The summed E-state index contributed by atoms with van der Waals surface area (Å²) in [5, 5.41) is 4.46. The van der Waals surface area contributed by atoms with Crippen LogP contribution < -0.4 is 5.32 Å². The summed E-state index contributed by atoms with van der Waals surface area (Å²) in [5.74, 6) is 0. The summed E-state index contributed by atoms with van der Waals surface area (Å²) in [6.45, 7) is 7.12. The first-order valence-electron chi connectivity index (χ1n) is 4.99. The van der Waals surface area contributed by atoms with Crippen molar-refractivity contribution in [3.63, 3.8) is 0 Å². The Morgan fingerprint density at radius 2 is 2.29 bits per heavy atom. The Morgan fingerprint density at radius 3 is 2.79 bits per heavy atom. The molecule has 1 fully saturated rings. The number of nitrogens with one attached hydrogen (secondary N) is 1. The van der Waals surface area contributed by atoms with Crippen LogP contribution in [0.4, 0.5) is 5.13 Å². The number of anilines is 1. The molecule has 0 aliphatic carbocycles. The molecule has 0 aromatic carbocycles. The average Bonchev–Trinajstić information content (AvgIpc) is 2.63. The van der Waals surface area contributed by atoms with E-state index >= 15 is 0 Å². The van der Waals surface area contributed by atoms with Crippen molar-refractivity contribution in [1.29, 1.82) is 0 Å². The molecule has 1 aromatic heterocycles. The van der Waals surface area contributed by atoms with Crippen molar-refractivity contribution in [2.24, 2.45) is 0 Å². The Balaban J connectivity index is 2.03. The Morgan fingerprint density at radius 1 is 1.50 bits per heavy atom. The number of hydrogen-bond acceptors (Lipinski definition) is 4. The smallest absolute Gasteiger partial charge is 0.183 e. The van der Waals surface area contributed by atoms with Crippen LogP contribution in [0.1, 0.15) is 23.9 Å². The van der Waals surface area contributed by atoms with E-state index in [9.17, 15) is 0 Å². The molecule has 1 aromatic rings. The minimum Gasteiger partial charge on any atom is -0.376 e. The normalized spacial score (nSPS) is 26.8. The van der Waals surface area contributed by atoms with Crippen LogP contribution in [0.2, 0.25) is 0 Å². The largest absolute Gasteiger partial charge is 0.376 e. The highest BCUT2D eigenvalue weighted by Gasteiger charge is 2.24. The van der Waals surface area contributed by atoms with Crippen LogP contribution in [-0.2, 0) is 4.74 Å². The van der Waals surface area contributed by atoms with Crippen molar-refractivity contribution in [2.45, 2.75) is 39.3 Å². The molecule has 2 rings (SSSR count). The second-order valence-electron chi connectivity index (χ2n) is 3.78. The van der Waals surface area contributed by atoms with Crippen molar-refractivity contribution in [3.8, 4) is 0 Å². The fraction of sp³-hybridized carbons (Fsp3) is 0.700. The van der Waals surface area contributed by atoms with Crippen molar-refractivity contribution in [2.75, 3.05) is 11.9 Å². The van der Waals surface area contributed by atoms with Gasteiger partial charge in [-0.15, -0.1) is 11.3 Å². The van der Waals surface area contributed by atoms with Crippen LogP contribution in [0, 0.1) is 13.8 Å². The molecule has 2 atom stereocenters. The van der Waals surface area contributed by atoms with Crippen LogP contribution in [0.25, 0.3) is 0 Å². The van der Waals surface area contributed by atoms with Gasteiger partial charge in [0.1, 0.15) is 0 Å². The van der Waals surface area contributed by atoms with Crippen molar-refractivity contribution < 1.29 is 4.74 Å². The van der Waals surface area contributed by atoms with Gasteiger partial charge >= 0.3 is 0 Å². The molecule has 4 heteroatoms. The first-order valence-corrected chi connectivity index (χ1v) is 5.80. The molecule has 0 bridgehead atoms. The third-order valence-corrected chi connectivity index (χ3v) is 3.72. The van der Waals surface area contributed by atoms with Crippen LogP contribution in [0.5, 0.6) is 0 Å². The summed E-state index contributed by atoms with van der Waals surface area (Å²) >= 11 is 1.73. The molecule has 0 spiro atoms. The molecular formula is C10H16N2OS. The van der Waals surface area contributed by atoms with Gasteiger partial charge in [0.25, 0.3) is 0 Å². The summed E-state index contributed by atoms with van der Waals surface area (Å²) in [5.41, 5.74) is 1.13. The van der Waals surface area contributed by atoms with E-state index in [1.165, 1.54) is 4.88 Å². The predicted molar refractivity (Wildman–Crippen MR) is 59.0 cm³/mol. The van der Waals surface area contributed by atoms with Gasteiger partial charge in [-0.3, -0.25) is 0 Å². The Labute approximate surface area is 88.5 Å². The van der Waals surface area contributed by atoms with Gasteiger partial charge in [-0.1, -0.05) is 0 Å². The average molecular weight is 212 g/mol. The molecular weight excluding hydrogens is 196 g/mol. The minimum absolute atomic E-state index is 0.305. The molecule has 0 radical (unpaired) electrons. The molecule has 2 heterocycles. The van der Waals surface area contributed by atoms with Gasteiger partial charge in [-0.05, 0) is 27.2 Å². The Bertz CT molecular complexity index is 304. The van der Waals surface area contributed by atoms with Gasteiger partial charge in [0.05, 0.1) is 17.8 Å². The SMILES string of the molecule is Cc1nc(NC2CCOC2C)sc1C. The number of aromatic nitrogens is 1. The maximum absolute atomic E-state index is 5.49. The fourth-order valence-corrected chi connectivity index (χ4v) is 2.49. The maximum Gasteiger partial charge on any atom is 0.183 e. The van der Waals surface area contributed by atoms with Crippen LogP contribution in [0.15, 0.2) is 0 Å². The quantitative estimate of drug-likeness (QED) is 0.817. The second kappa shape index (κ2) is 3.87. The number of hydrogen-bond donors (Lipinski definition) is 1. The monoisotopic (exact) mass is 212 g/mol. The predicted octanol–water partition coefficient (Wildman–Crippen LogP) is 2.35. The van der Waals surface area contributed by atoms with Crippen molar-refractivity contribution >= 4 is 16.5 Å². The molecule has 0 saturated carbocycles. The van der Waals surface area contributed by atoms with Crippen molar-refractivity contribution in [1.82, 2.24) is 4.98 Å². The number of nitrogens with zero attached hydrogens (tertiary/aromatic N) is 1. The standard InChI is InChI=1S/C10H16N2OS/c1-6-8(3)14-10(11-6)12-9-4-5-13-7(9)2/h7,9H,4-5H2,1-3H3,(H,11,12). The summed E-state index contributed by atoms with van der Waals surface area (Å²) in [6.07, 6.45) is 1.39. The first-order chi connectivity index (χ1) is 6.66. The topological polar surface area (TPSA) is 34.2 Å². The lowest BCUT2D eigenvalue weighted by Crippen LogP contribution is -2.26. The third kappa shape index (κ3) is 1.91. The first kappa shape index (κ1) is 9.93. The zero-order chi connectivity index (χ0) is 10.1. The van der Waals surface area contributed by atoms with E-state index in [1.807, 2.05) is 6.92 Å². The van der Waals surface area contributed by atoms with Crippen LogP contribution in [-0.4, -0.2) is 23.7 Å². The number of rotatable bonds is 2. The number of ether oxygens (including phenoxy) is 1. The summed E-state index contributed by atoms with van der Waals surface area (Å²) in [7, 11) is 0. The lowest BCUT2D eigenvalue weighted by molar-refractivity contribution is 0.121. The number of aryl methyl sites for hydroxylation is 2. The van der Waals surface area contributed by atoms with Crippen molar-refractivity contribution in [3.05, 3.63) is 10.6 Å². The van der Waals surface area contributed by atoms with E-state index in [1.54, 1.807) is 11.3 Å². The van der Waals surface area contributed by atoms with E-state index < -0.39 is 0 Å². The lowest BCUT2D eigenvalue weighted by atomic mass is 10.2. The van der Waals surface area contributed by atoms with E-state index in [0.717, 1.165) is 23.9 Å². The van der Waals surface area contributed by atoms with Gasteiger partial charge in [-0.2, -0.15) is 0 Å². The van der Waals surface area contributed by atoms with Crippen LogP contribution in [0.3, 0.4) is 0 Å². The molecule has 0 amide bonds. The zero-order valence-electron chi connectivity index (χ0n) is 8.83. The molecule has 1 aliphatic heterocycles. The highest BCUT2D eigenvalue weighted by Crippen LogP contribution is 2.24. The van der Waals surface area contributed by atoms with Gasteiger partial charge < -0.3 is 10.1 Å². The molecule has 1 N–H and O–H groups in total. The summed E-state index contributed by atoms with van der Waals surface area (Å²) in [6, 6.07) is 0.431. The minimum atomic E-state index is 0.305. The molecule has 1 aliphatic rings. The van der Waals surface area contributed by atoms with Crippen LogP contribution >= 0.6 is 11.3 Å². The van der Waals surface area contributed by atoms with Gasteiger partial charge in [0, 0.05) is 11.5 Å². The maximum atomic E-state index is 5.49. The summed E-state index contributed by atoms with van der Waals surface area (Å²) < 4.78 is 5.49. The molecule has 1 saturated heterocycles. The molecule has 78 valence electrons. The molecule has 14 heavy (non-hydrogen) atoms. The van der Waals surface area contributed by atoms with E-state index in [0.29, 0.717) is 12.1 Å². The Kier molecular flexibility index (Phi) is 2.74. The Hall–Kier alpha value is -0.610. The lowest BCUT2D eigenvalue weighted by Gasteiger charge is -2.14. The van der Waals surface area contributed by atoms with E-state index in [4.69, 9.17) is 4.74 Å². The highest BCUT2D eigenvalue weighted by atomic mass is 32.1. The number of thiazole rings is 1. The fourth-order valence-electron chi connectivity index (χ4n) is 1.61. The molecule has 2 unspecified atom stereocenters. The van der Waals surface area contributed by atoms with E-state index in [2.05, 4.69) is 24.1 Å². The van der Waals surface area contributed by atoms with Gasteiger partial charge in [0.2, 0.25) is 0 Å². The second-order valence-corrected chi connectivity index (χ2v) is 4.98. The third-order valence-electron chi connectivity index (χ3n) is 2.71. The highest BCUT2D eigenvalue weighted by molar-refractivity contribution is 7.15. The summed E-state index contributed by atoms with van der Waals surface area (Å²) in [4.78, 5) is 5.75. The zero-order valence-corrected chi connectivity index (χ0v) is 9.65. The van der Waals surface area contributed by atoms with Gasteiger partial charge in [-0.25, -0.2) is 4.98 Å². The van der Waals surface area contributed by atoms with E-state index in [-0.39, 0.29) is 0 Å². The van der Waals surface area contributed by atoms with Gasteiger partial charge in [0.15, 0.2) is 5.13 Å².